The predicted molar refractivity (Wildman–Crippen MR) is 109 cm³/mol. The van der Waals surface area contributed by atoms with E-state index in [4.69, 9.17) is 4.74 Å². The van der Waals surface area contributed by atoms with Crippen LogP contribution in [-0.4, -0.2) is 36.4 Å². The summed E-state index contributed by atoms with van der Waals surface area (Å²) in [7, 11) is 0. The van der Waals surface area contributed by atoms with E-state index >= 15 is 0 Å². The molecule has 1 saturated heterocycles. The van der Waals surface area contributed by atoms with Crippen LogP contribution < -0.4 is 10.1 Å². The quantitative estimate of drug-likeness (QED) is 0.830. The average molecular weight is 398 g/mol. The van der Waals surface area contributed by atoms with Crippen LogP contribution in [0.1, 0.15) is 45.6 Å². The molecule has 0 aliphatic carbocycles. The zero-order valence-corrected chi connectivity index (χ0v) is 16.9. The van der Waals surface area contributed by atoms with Crippen molar-refractivity contribution in [2.75, 3.05) is 25.0 Å². The molecule has 2 amide bonds. The number of carbonyl (C=O) groups is 2. The van der Waals surface area contributed by atoms with Crippen LogP contribution in [-0.2, 0) is 4.79 Å². The van der Waals surface area contributed by atoms with Gasteiger partial charge in [-0.05, 0) is 50.3 Å². The number of likely N-dealkylation sites (tertiary alicyclic amines) is 1. The van der Waals surface area contributed by atoms with Crippen molar-refractivity contribution >= 4 is 28.2 Å². The maximum absolute atomic E-state index is 12.8. The number of benzene rings is 1. The highest BCUT2D eigenvalue weighted by Gasteiger charge is 2.26. The van der Waals surface area contributed by atoms with E-state index in [-0.39, 0.29) is 18.4 Å². The molecule has 6 nitrogen and oxygen atoms in total. The fraction of sp³-hybridized carbons (Fsp3) is 0.381. The van der Waals surface area contributed by atoms with Gasteiger partial charge < -0.3 is 15.0 Å². The average Bonchev–Trinajstić information content (AvgIpc) is 3.02. The lowest BCUT2D eigenvalue weighted by Gasteiger charge is -2.26. The standard InChI is InChI=1S/C21H23N3O3S/c1-14-8-4-5-9-17(14)27-13-18(25)23-20-16(12-22)15(2)19(28-20)21(26)24-10-6-3-7-11-24/h4-5,8-9H,3,6-7,10-11,13H2,1-2H3,(H,23,25). The van der Waals surface area contributed by atoms with E-state index in [9.17, 15) is 14.9 Å². The molecule has 1 aliphatic heterocycles. The van der Waals surface area contributed by atoms with Gasteiger partial charge in [-0.3, -0.25) is 9.59 Å². The van der Waals surface area contributed by atoms with Gasteiger partial charge in [0.2, 0.25) is 0 Å². The third-order valence-corrected chi connectivity index (χ3v) is 6.00. The summed E-state index contributed by atoms with van der Waals surface area (Å²) in [5, 5.41) is 12.6. The molecular weight excluding hydrogens is 374 g/mol. The lowest BCUT2D eigenvalue weighted by Crippen LogP contribution is -2.35. The largest absolute Gasteiger partial charge is 0.483 e. The molecule has 1 aromatic heterocycles. The normalized spacial score (nSPS) is 13.7. The molecule has 2 heterocycles. The van der Waals surface area contributed by atoms with E-state index in [0.29, 0.717) is 26.8 Å². The molecule has 1 aromatic carbocycles. The number of ether oxygens (including phenoxy) is 1. The second-order valence-corrected chi connectivity index (χ2v) is 7.85. The highest BCUT2D eigenvalue weighted by Crippen LogP contribution is 2.34. The van der Waals surface area contributed by atoms with Gasteiger partial charge in [0.25, 0.3) is 11.8 Å². The topological polar surface area (TPSA) is 82.4 Å². The van der Waals surface area contributed by atoms with Crippen LogP contribution in [0.4, 0.5) is 5.00 Å². The minimum absolute atomic E-state index is 0.0599. The van der Waals surface area contributed by atoms with Gasteiger partial charge in [-0.15, -0.1) is 11.3 Å². The van der Waals surface area contributed by atoms with Crippen molar-refractivity contribution in [3.8, 4) is 11.8 Å². The highest BCUT2D eigenvalue weighted by atomic mass is 32.1. The van der Waals surface area contributed by atoms with Gasteiger partial charge in [-0.2, -0.15) is 5.26 Å². The Kier molecular flexibility index (Phi) is 6.32. The molecule has 146 valence electrons. The van der Waals surface area contributed by atoms with Crippen molar-refractivity contribution in [2.24, 2.45) is 0 Å². The van der Waals surface area contributed by atoms with Crippen LogP contribution in [0, 0.1) is 25.2 Å². The number of hydrogen-bond donors (Lipinski definition) is 1. The molecule has 1 aliphatic rings. The Hall–Kier alpha value is -2.85. The first-order chi connectivity index (χ1) is 13.5. The summed E-state index contributed by atoms with van der Waals surface area (Å²) in [6.45, 7) is 4.98. The predicted octanol–water partition coefficient (Wildman–Crippen LogP) is 3.88. The number of amides is 2. The smallest absolute Gasteiger partial charge is 0.264 e. The number of anilines is 1. The molecule has 0 spiro atoms. The van der Waals surface area contributed by atoms with E-state index in [1.165, 1.54) is 0 Å². The third kappa shape index (κ3) is 4.34. The number of nitrogens with one attached hydrogen (secondary N) is 1. The fourth-order valence-electron chi connectivity index (χ4n) is 3.21. The molecule has 1 N–H and O–H groups in total. The second-order valence-electron chi connectivity index (χ2n) is 6.83. The lowest BCUT2D eigenvalue weighted by molar-refractivity contribution is -0.118. The Balaban J connectivity index is 1.71. The highest BCUT2D eigenvalue weighted by molar-refractivity contribution is 7.18. The van der Waals surface area contributed by atoms with Crippen LogP contribution in [0.2, 0.25) is 0 Å². The van der Waals surface area contributed by atoms with Crippen molar-refractivity contribution < 1.29 is 14.3 Å². The van der Waals surface area contributed by atoms with Crippen molar-refractivity contribution in [1.82, 2.24) is 4.90 Å². The van der Waals surface area contributed by atoms with E-state index in [1.54, 1.807) is 13.0 Å². The Morgan fingerprint density at radius 1 is 1.21 bits per heavy atom. The maximum atomic E-state index is 12.8. The minimum atomic E-state index is -0.363. The van der Waals surface area contributed by atoms with E-state index in [2.05, 4.69) is 11.4 Å². The van der Waals surface area contributed by atoms with Gasteiger partial charge in [0.15, 0.2) is 6.61 Å². The Morgan fingerprint density at radius 2 is 1.93 bits per heavy atom. The van der Waals surface area contributed by atoms with Gasteiger partial charge in [0.1, 0.15) is 16.8 Å². The first-order valence-electron chi connectivity index (χ1n) is 9.32. The van der Waals surface area contributed by atoms with Gasteiger partial charge in [-0.1, -0.05) is 18.2 Å². The molecule has 28 heavy (non-hydrogen) atoms. The summed E-state index contributed by atoms with van der Waals surface area (Å²) in [5.74, 6) is 0.217. The van der Waals surface area contributed by atoms with Gasteiger partial charge in [-0.25, -0.2) is 0 Å². The molecule has 7 heteroatoms. The van der Waals surface area contributed by atoms with Gasteiger partial charge in [0.05, 0.1) is 10.4 Å². The first-order valence-corrected chi connectivity index (χ1v) is 10.1. The zero-order valence-electron chi connectivity index (χ0n) is 16.1. The monoisotopic (exact) mass is 397 g/mol. The number of rotatable bonds is 5. The van der Waals surface area contributed by atoms with Crippen molar-refractivity contribution in [1.29, 1.82) is 5.26 Å². The summed E-state index contributed by atoms with van der Waals surface area (Å²) in [4.78, 5) is 27.5. The van der Waals surface area contributed by atoms with Gasteiger partial charge in [0, 0.05) is 13.1 Å². The second kappa shape index (κ2) is 8.89. The SMILES string of the molecule is Cc1ccccc1OCC(=O)Nc1sc(C(=O)N2CCCCC2)c(C)c1C#N. The van der Waals surface area contributed by atoms with Crippen molar-refractivity contribution in [3.05, 3.63) is 45.8 Å². The number of hydrogen-bond acceptors (Lipinski definition) is 5. The van der Waals surface area contributed by atoms with Crippen molar-refractivity contribution in [3.63, 3.8) is 0 Å². The molecule has 0 saturated carbocycles. The molecule has 2 aromatic rings. The van der Waals surface area contributed by atoms with Crippen LogP contribution in [0.5, 0.6) is 5.75 Å². The number of piperidine rings is 1. The molecule has 0 radical (unpaired) electrons. The number of thiophene rings is 1. The summed E-state index contributed by atoms with van der Waals surface area (Å²) in [6, 6.07) is 9.56. The number of carbonyl (C=O) groups excluding carboxylic acids is 2. The van der Waals surface area contributed by atoms with Crippen LogP contribution in [0.15, 0.2) is 24.3 Å². The Bertz CT molecular complexity index is 923. The van der Waals surface area contributed by atoms with Crippen LogP contribution in [0.25, 0.3) is 0 Å². The summed E-state index contributed by atoms with van der Waals surface area (Å²) in [5.41, 5.74) is 1.90. The Morgan fingerprint density at radius 3 is 2.61 bits per heavy atom. The number of aryl methyl sites for hydroxylation is 1. The lowest BCUT2D eigenvalue weighted by atomic mass is 10.1. The molecule has 3 rings (SSSR count). The summed E-state index contributed by atoms with van der Waals surface area (Å²) in [6.07, 6.45) is 3.14. The summed E-state index contributed by atoms with van der Waals surface area (Å²) < 4.78 is 5.56. The minimum Gasteiger partial charge on any atom is -0.483 e. The molecule has 0 unspecified atom stereocenters. The number of nitrogens with zero attached hydrogens (tertiary/aromatic N) is 2. The van der Waals surface area contributed by atoms with E-state index in [0.717, 1.165) is 49.3 Å². The van der Waals surface area contributed by atoms with E-state index < -0.39 is 0 Å². The van der Waals surface area contributed by atoms with Crippen molar-refractivity contribution in [2.45, 2.75) is 33.1 Å². The summed E-state index contributed by atoms with van der Waals surface area (Å²) >= 11 is 1.16. The zero-order chi connectivity index (χ0) is 20.1. The third-order valence-electron chi connectivity index (χ3n) is 4.80. The molecular formula is C21H23N3O3S. The fourth-order valence-corrected chi connectivity index (χ4v) is 4.35. The van der Waals surface area contributed by atoms with Crippen LogP contribution >= 0.6 is 11.3 Å². The number of nitriles is 1. The first kappa shape index (κ1) is 19.9. The molecule has 1 fully saturated rings. The Labute approximate surface area is 168 Å². The van der Waals surface area contributed by atoms with Crippen LogP contribution in [0.3, 0.4) is 0 Å². The molecule has 0 bridgehead atoms. The number of para-hydroxylation sites is 1. The maximum Gasteiger partial charge on any atom is 0.264 e. The van der Waals surface area contributed by atoms with E-state index in [1.807, 2.05) is 30.0 Å². The van der Waals surface area contributed by atoms with Gasteiger partial charge >= 0.3 is 0 Å². The molecule has 0 atom stereocenters.